The first-order valence-electron chi connectivity index (χ1n) is 11.5. The fraction of sp³-hybridized carbons (Fsp3) is 0.345. The Morgan fingerprint density at radius 1 is 0.632 bits per heavy atom. The van der Waals surface area contributed by atoms with E-state index >= 15 is 0 Å². The largest absolute Gasteiger partial charge is 0.407 e. The Balaban J connectivity index is -0.000000466. The quantitative estimate of drug-likeness (QED) is 0.191. The zero-order chi connectivity index (χ0) is 26.5. The van der Waals surface area contributed by atoms with Crippen LogP contribution in [0, 0.1) is 113 Å². The van der Waals surface area contributed by atoms with Gasteiger partial charge in [-0.15, -0.1) is 38.0 Å². The number of hydrogen-bond acceptors (Lipinski definition) is 6. The zero-order valence-electron chi connectivity index (χ0n) is 21.7. The molecule has 0 heterocycles. The molecule has 6 N–H and O–H groups in total. The summed E-state index contributed by atoms with van der Waals surface area (Å²) in [4.78, 5) is 0. The van der Waals surface area contributed by atoms with Gasteiger partial charge < -0.3 is 30.6 Å². The van der Waals surface area contributed by atoms with Crippen molar-refractivity contribution in [2.45, 2.75) is 62.3 Å². The molecule has 6 nitrogen and oxygen atoms in total. The van der Waals surface area contributed by atoms with Gasteiger partial charge in [-0.3, -0.25) is 0 Å². The predicted molar refractivity (Wildman–Crippen MR) is 141 cm³/mol. The summed E-state index contributed by atoms with van der Waals surface area (Å²) in [6.45, 7) is 17.9. The number of allylic oxidation sites excluding steroid dienone is 6. The van der Waals surface area contributed by atoms with Crippen LogP contribution in [0.25, 0.3) is 0 Å². The fourth-order valence-electron chi connectivity index (χ4n) is 3.73. The smallest absolute Gasteiger partial charge is 0.0771 e. The molecule has 38 heavy (non-hydrogen) atoms. The Bertz CT molecular complexity index is 836. The minimum absolute atomic E-state index is 0. The molecule has 0 aromatic heterocycles. The van der Waals surface area contributed by atoms with E-state index in [2.05, 4.69) is 32.9 Å². The third-order valence-electron chi connectivity index (χ3n) is 5.57. The van der Waals surface area contributed by atoms with Crippen molar-refractivity contribution in [3.05, 3.63) is 116 Å². The van der Waals surface area contributed by atoms with E-state index in [-0.39, 0.29) is 93.3 Å². The molecule has 0 aromatic rings. The molecule has 3 aliphatic carbocycles. The summed E-state index contributed by atoms with van der Waals surface area (Å²) < 4.78 is 0. The Kier molecular flexibility index (Phi) is 26.0. The van der Waals surface area contributed by atoms with Gasteiger partial charge in [-0.1, -0.05) is 6.58 Å². The minimum Gasteiger partial charge on any atom is -0.407 e. The summed E-state index contributed by atoms with van der Waals surface area (Å²) in [7, 11) is 0. The molecule has 3 saturated carbocycles. The van der Waals surface area contributed by atoms with Crippen molar-refractivity contribution in [3.63, 3.8) is 0 Å². The van der Waals surface area contributed by atoms with Gasteiger partial charge in [0.15, 0.2) is 0 Å². The van der Waals surface area contributed by atoms with Gasteiger partial charge in [0, 0.05) is 118 Å². The van der Waals surface area contributed by atoms with E-state index in [4.69, 9.17) is 0 Å². The number of hydrogen-bond donors (Lipinski definition) is 6. The van der Waals surface area contributed by atoms with Gasteiger partial charge in [0.25, 0.3) is 0 Å². The van der Waals surface area contributed by atoms with Crippen LogP contribution in [-0.2, 0) is 0 Å². The van der Waals surface area contributed by atoms with E-state index in [1.54, 1.807) is 49.6 Å². The standard InChI is InChI=1S/2C10H13O2.C9H13O2.3U/c1-3-4-8-5-9(11)6-10(12)7(8)2;1-3-4-8-5-9(11)7(2)10(12)6-8;1-2-3-7-4-8(10)6-9(11)5-7;;;/h2*3-5,9-12H,1-2,6H2;2-4,8-11H,1,5-6H2;;;/q3*-1;;;/b2*8-4+;7-3+;;;/t9-,10+;9-,10-;8-,9-;;;/m111.../s1. The third-order valence-corrected chi connectivity index (χ3v) is 5.57. The summed E-state index contributed by atoms with van der Waals surface area (Å²) in [5.74, 6) is 0. The molecule has 0 bridgehead atoms. The second-order valence-electron chi connectivity index (χ2n) is 8.56. The summed E-state index contributed by atoms with van der Waals surface area (Å²) >= 11 is 0. The fourth-order valence-corrected chi connectivity index (χ4v) is 3.73. The van der Waals surface area contributed by atoms with Crippen molar-refractivity contribution in [1.82, 2.24) is 0 Å². The van der Waals surface area contributed by atoms with Crippen LogP contribution < -0.4 is 0 Å². The molecule has 0 saturated heterocycles. The van der Waals surface area contributed by atoms with Gasteiger partial charge in [-0.25, -0.2) is 23.3 Å². The van der Waals surface area contributed by atoms with E-state index in [1.807, 2.05) is 6.08 Å². The maximum absolute atomic E-state index is 9.39. The van der Waals surface area contributed by atoms with Crippen LogP contribution in [0.5, 0.6) is 0 Å². The molecule has 3 rings (SSSR count). The monoisotopic (exact) mass is 1200 g/mol. The Morgan fingerprint density at radius 3 is 1.61 bits per heavy atom. The van der Waals surface area contributed by atoms with Crippen LogP contribution in [0.4, 0.5) is 0 Å². The molecule has 9 heteroatoms. The number of aliphatic hydroxyl groups excluding tert-OH is 6. The maximum atomic E-state index is 9.39. The van der Waals surface area contributed by atoms with Gasteiger partial charge in [-0.05, 0) is 31.3 Å². The molecule has 0 unspecified atom stereocenters. The van der Waals surface area contributed by atoms with Crippen molar-refractivity contribution in [2.24, 2.45) is 0 Å². The van der Waals surface area contributed by atoms with Crippen LogP contribution in [0.1, 0.15) is 25.7 Å². The first-order valence-corrected chi connectivity index (χ1v) is 11.5. The Hall–Kier alpha value is 0.446. The molecule has 6 atom stereocenters. The summed E-state index contributed by atoms with van der Waals surface area (Å²) in [5, 5.41) is 55.8. The van der Waals surface area contributed by atoms with Gasteiger partial charge in [0.1, 0.15) is 0 Å². The van der Waals surface area contributed by atoms with Gasteiger partial charge in [0.2, 0.25) is 0 Å². The molecule has 3 fully saturated rings. The Morgan fingerprint density at radius 2 is 1.13 bits per heavy atom. The minimum atomic E-state index is -0.722. The van der Waals surface area contributed by atoms with Crippen molar-refractivity contribution in [1.29, 1.82) is 0 Å². The molecule has 3 aliphatic rings. The van der Waals surface area contributed by atoms with Gasteiger partial charge >= 0.3 is 0 Å². The molecule has 0 spiro atoms. The van der Waals surface area contributed by atoms with E-state index < -0.39 is 36.6 Å². The maximum Gasteiger partial charge on any atom is 0.0771 e. The van der Waals surface area contributed by atoms with Crippen LogP contribution in [-0.4, -0.2) is 67.3 Å². The summed E-state index contributed by atoms with van der Waals surface area (Å²) in [6, 6.07) is 0. The van der Waals surface area contributed by atoms with Crippen molar-refractivity contribution >= 4 is 0 Å². The number of rotatable bonds is 3. The van der Waals surface area contributed by atoms with Crippen LogP contribution in [0.2, 0.25) is 0 Å². The first-order chi connectivity index (χ1) is 16.5. The van der Waals surface area contributed by atoms with E-state index in [0.717, 1.165) is 16.7 Å². The second-order valence-corrected chi connectivity index (χ2v) is 8.56. The Labute approximate surface area is 299 Å². The van der Waals surface area contributed by atoms with Crippen LogP contribution in [0.3, 0.4) is 0 Å². The average molecular weight is 1200 g/mol. The van der Waals surface area contributed by atoms with E-state index in [1.165, 1.54) is 0 Å². The molecule has 0 aliphatic heterocycles. The van der Waals surface area contributed by atoms with Crippen molar-refractivity contribution < 1.29 is 124 Å². The summed E-state index contributed by atoms with van der Waals surface area (Å²) in [5.41, 5.74) is 3.76. The van der Waals surface area contributed by atoms with Crippen LogP contribution >= 0.6 is 0 Å². The zero-order valence-corrected chi connectivity index (χ0v) is 34.2. The van der Waals surface area contributed by atoms with Crippen LogP contribution in [0.15, 0.2) is 97.2 Å². The van der Waals surface area contributed by atoms with Gasteiger partial charge in [0.05, 0.1) is 12.2 Å². The summed E-state index contributed by atoms with van der Waals surface area (Å²) in [6.07, 6.45) is 13.8. The van der Waals surface area contributed by atoms with Crippen molar-refractivity contribution in [2.75, 3.05) is 0 Å². The molecule has 0 aromatic carbocycles. The topological polar surface area (TPSA) is 121 Å². The molecular formula is C29H39O6U3-3. The van der Waals surface area contributed by atoms with E-state index in [9.17, 15) is 30.6 Å². The average Bonchev–Trinajstić information content (AvgIpc) is 2.76. The molecule has 0 radical (unpaired) electrons. The SMILES string of the molecule is C=C/C=C1\[CH-][C@@H](O)C(=C)[C@H](O)C1.C=C/C=C1\[CH-][C@@H](O)C[C@H](O)C1.C=C/C=C1\[CH-][C@@H](O)C[C@H](O)C1=C.[U].[U].[U]. The molecule has 206 valence electrons. The second kappa shape index (κ2) is 23.1. The predicted octanol–water partition coefficient (Wildman–Crippen LogP) is 2.79. The number of aliphatic hydroxyl groups is 6. The van der Waals surface area contributed by atoms with Crippen molar-refractivity contribution in [3.8, 4) is 0 Å². The molecule has 0 amide bonds. The normalized spacial score (nSPS) is 31.1. The first kappa shape index (κ1) is 42.9. The third kappa shape index (κ3) is 16.0. The van der Waals surface area contributed by atoms with Gasteiger partial charge in [-0.2, -0.15) is 43.1 Å². The van der Waals surface area contributed by atoms with E-state index in [0.29, 0.717) is 36.8 Å². The molecular weight excluding hydrogens is 1160 g/mol.